The van der Waals surface area contributed by atoms with Crippen LogP contribution in [0.4, 0.5) is 4.39 Å². The van der Waals surface area contributed by atoms with Crippen LogP contribution in [0.15, 0.2) is 24.4 Å². The Hall–Kier alpha value is -1.75. The van der Waals surface area contributed by atoms with E-state index in [9.17, 15) is 4.39 Å². The molecule has 0 aliphatic heterocycles. The smallest absolute Gasteiger partial charge is 0.123 e. The molecule has 2 aromatic rings. The fourth-order valence-corrected chi connectivity index (χ4v) is 1.73. The Balaban J connectivity index is 2.16. The van der Waals surface area contributed by atoms with Crippen molar-refractivity contribution >= 4 is 0 Å². The minimum atomic E-state index is -0.240. The maximum absolute atomic E-state index is 13.1. The number of nitrogens with zero attached hydrogens (tertiary/aromatic N) is 3. The van der Waals surface area contributed by atoms with E-state index in [2.05, 4.69) is 36.4 Å². The van der Waals surface area contributed by atoms with Crippen molar-refractivity contribution in [3.05, 3.63) is 41.5 Å². The molecule has 0 aliphatic carbocycles. The molecule has 4 nitrogen and oxygen atoms in total. The summed E-state index contributed by atoms with van der Waals surface area (Å²) in [5.41, 5.74) is 2.57. The molecule has 0 aliphatic rings. The Morgan fingerprint density at radius 3 is 2.68 bits per heavy atom. The van der Waals surface area contributed by atoms with Crippen LogP contribution in [0.25, 0.3) is 5.69 Å². The van der Waals surface area contributed by atoms with Gasteiger partial charge in [0.25, 0.3) is 0 Å². The van der Waals surface area contributed by atoms with Crippen molar-refractivity contribution in [3.8, 4) is 5.69 Å². The molecule has 2 rings (SSSR count). The first-order valence-electron chi connectivity index (χ1n) is 6.28. The predicted octanol–water partition coefficient (Wildman–Crippen LogP) is 2.60. The first-order chi connectivity index (χ1) is 8.85. The summed E-state index contributed by atoms with van der Waals surface area (Å²) in [6, 6.07) is 4.63. The van der Waals surface area contributed by atoms with E-state index in [1.54, 1.807) is 10.7 Å². The number of benzene rings is 1. The number of halogens is 1. The molecular formula is C14H19FN4. The molecule has 0 bridgehead atoms. The standard InChI is InChI=1S/C14H19FN4/c1-10-7-11(15)5-6-13(10)19-9-12(17-18-19)8-16-14(2,3)4/h5-7,9,16H,8H2,1-4H3. The van der Waals surface area contributed by atoms with Crippen LogP contribution in [0.1, 0.15) is 32.0 Å². The van der Waals surface area contributed by atoms with Crippen molar-refractivity contribution in [1.29, 1.82) is 0 Å². The molecule has 0 amide bonds. The van der Waals surface area contributed by atoms with Gasteiger partial charge < -0.3 is 5.32 Å². The summed E-state index contributed by atoms with van der Waals surface area (Å²) in [5.74, 6) is -0.240. The number of hydrogen-bond acceptors (Lipinski definition) is 3. The molecule has 1 aromatic carbocycles. The maximum atomic E-state index is 13.1. The second kappa shape index (κ2) is 5.09. The lowest BCUT2D eigenvalue weighted by Crippen LogP contribution is -2.35. The van der Waals surface area contributed by atoms with Crippen molar-refractivity contribution in [2.45, 2.75) is 39.8 Å². The van der Waals surface area contributed by atoms with Crippen molar-refractivity contribution < 1.29 is 4.39 Å². The minimum Gasteiger partial charge on any atom is -0.306 e. The van der Waals surface area contributed by atoms with E-state index in [0.29, 0.717) is 6.54 Å². The normalized spacial score (nSPS) is 11.8. The second-order valence-corrected chi connectivity index (χ2v) is 5.69. The van der Waals surface area contributed by atoms with E-state index in [-0.39, 0.29) is 11.4 Å². The summed E-state index contributed by atoms with van der Waals surface area (Å²) >= 11 is 0. The number of aryl methyl sites for hydroxylation is 1. The summed E-state index contributed by atoms with van der Waals surface area (Å²) in [5, 5.41) is 11.5. The van der Waals surface area contributed by atoms with Crippen LogP contribution in [0.5, 0.6) is 0 Å². The highest BCUT2D eigenvalue weighted by atomic mass is 19.1. The van der Waals surface area contributed by atoms with Crippen molar-refractivity contribution in [2.75, 3.05) is 0 Å². The van der Waals surface area contributed by atoms with Crippen LogP contribution in [0.2, 0.25) is 0 Å². The monoisotopic (exact) mass is 262 g/mol. The topological polar surface area (TPSA) is 42.7 Å². The van der Waals surface area contributed by atoms with Gasteiger partial charge in [0.05, 0.1) is 17.6 Å². The zero-order chi connectivity index (χ0) is 14.0. The number of rotatable bonds is 3. The van der Waals surface area contributed by atoms with Gasteiger partial charge in [0.15, 0.2) is 0 Å². The average molecular weight is 262 g/mol. The van der Waals surface area contributed by atoms with Gasteiger partial charge in [0, 0.05) is 12.1 Å². The maximum Gasteiger partial charge on any atom is 0.123 e. The third-order valence-electron chi connectivity index (χ3n) is 2.75. The van der Waals surface area contributed by atoms with Crippen LogP contribution in [0.3, 0.4) is 0 Å². The summed E-state index contributed by atoms with van der Waals surface area (Å²) in [6.07, 6.45) is 1.86. The number of nitrogens with one attached hydrogen (secondary N) is 1. The van der Waals surface area contributed by atoms with Gasteiger partial charge in [-0.2, -0.15) is 0 Å². The number of hydrogen-bond donors (Lipinski definition) is 1. The van der Waals surface area contributed by atoms with Crippen LogP contribution in [-0.4, -0.2) is 20.5 Å². The molecule has 0 spiro atoms. The third kappa shape index (κ3) is 3.61. The molecule has 0 fully saturated rings. The van der Waals surface area contributed by atoms with Gasteiger partial charge in [0.1, 0.15) is 5.82 Å². The summed E-state index contributed by atoms with van der Waals surface area (Å²) in [7, 11) is 0. The minimum absolute atomic E-state index is 0.0373. The van der Waals surface area contributed by atoms with Gasteiger partial charge >= 0.3 is 0 Å². The van der Waals surface area contributed by atoms with E-state index in [1.807, 2.05) is 13.1 Å². The van der Waals surface area contributed by atoms with Crippen LogP contribution < -0.4 is 5.32 Å². The second-order valence-electron chi connectivity index (χ2n) is 5.69. The van der Waals surface area contributed by atoms with Crippen LogP contribution >= 0.6 is 0 Å². The van der Waals surface area contributed by atoms with Gasteiger partial charge in [-0.05, 0) is 51.5 Å². The van der Waals surface area contributed by atoms with Gasteiger partial charge in [-0.25, -0.2) is 9.07 Å². The highest BCUT2D eigenvalue weighted by Gasteiger charge is 2.11. The zero-order valence-corrected chi connectivity index (χ0v) is 11.7. The molecule has 1 heterocycles. The largest absolute Gasteiger partial charge is 0.306 e. The number of aromatic nitrogens is 3. The molecule has 1 aromatic heterocycles. The summed E-state index contributed by atoms with van der Waals surface area (Å²) in [4.78, 5) is 0. The van der Waals surface area contributed by atoms with Gasteiger partial charge in [0.2, 0.25) is 0 Å². The van der Waals surface area contributed by atoms with E-state index in [1.165, 1.54) is 12.1 Å². The van der Waals surface area contributed by atoms with E-state index >= 15 is 0 Å². The fraction of sp³-hybridized carbons (Fsp3) is 0.429. The lowest BCUT2D eigenvalue weighted by molar-refractivity contribution is 0.421. The molecule has 0 atom stereocenters. The zero-order valence-electron chi connectivity index (χ0n) is 11.7. The van der Waals surface area contributed by atoms with Gasteiger partial charge in [-0.15, -0.1) is 5.10 Å². The Bertz CT molecular complexity index is 569. The van der Waals surface area contributed by atoms with Gasteiger partial charge in [-0.1, -0.05) is 5.21 Å². The molecule has 1 N–H and O–H groups in total. The molecule has 0 unspecified atom stereocenters. The Kier molecular flexibility index (Phi) is 3.66. The molecule has 102 valence electrons. The quantitative estimate of drug-likeness (QED) is 0.924. The Labute approximate surface area is 112 Å². The lowest BCUT2D eigenvalue weighted by atomic mass is 10.1. The molecule has 0 saturated heterocycles. The predicted molar refractivity (Wildman–Crippen MR) is 72.6 cm³/mol. The molecule has 0 radical (unpaired) electrons. The third-order valence-corrected chi connectivity index (χ3v) is 2.75. The highest BCUT2D eigenvalue weighted by molar-refractivity contribution is 5.39. The first-order valence-corrected chi connectivity index (χ1v) is 6.28. The summed E-state index contributed by atoms with van der Waals surface area (Å²) < 4.78 is 14.7. The van der Waals surface area contributed by atoms with Crippen LogP contribution in [-0.2, 0) is 6.54 Å². The summed E-state index contributed by atoms with van der Waals surface area (Å²) in [6.45, 7) is 8.81. The van der Waals surface area contributed by atoms with Gasteiger partial charge in [-0.3, -0.25) is 0 Å². The Morgan fingerprint density at radius 1 is 1.32 bits per heavy atom. The van der Waals surface area contributed by atoms with Crippen LogP contribution in [0, 0.1) is 12.7 Å². The SMILES string of the molecule is Cc1cc(F)ccc1-n1cc(CNC(C)(C)C)nn1. The molecule has 5 heteroatoms. The highest BCUT2D eigenvalue weighted by Crippen LogP contribution is 2.14. The fourth-order valence-electron chi connectivity index (χ4n) is 1.73. The van der Waals surface area contributed by atoms with Crippen molar-refractivity contribution in [3.63, 3.8) is 0 Å². The van der Waals surface area contributed by atoms with E-state index < -0.39 is 0 Å². The first kappa shape index (κ1) is 13.7. The Morgan fingerprint density at radius 2 is 2.05 bits per heavy atom. The van der Waals surface area contributed by atoms with E-state index in [4.69, 9.17) is 0 Å². The van der Waals surface area contributed by atoms with Crippen molar-refractivity contribution in [1.82, 2.24) is 20.3 Å². The van der Waals surface area contributed by atoms with Crippen molar-refractivity contribution in [2.24, 2.45) is 0 Å². The lowest BCUT2D eigenvalue weighted by Gasteiger charge is -2.19. The molecular weight excluding hydrogens is 243 g/mol. The van der Waals surface area contributed by atoms with E-state index in [0.717, 1.165) is 16.9 Å². The average Bonchev–Trinajstić information content (AvgIpc) is 2.74. The molecule has 0 saturated carbocycles. The molecule has 19 heavy (non-hydrogen) atoms.